The molecule has 94 valence electrons. The van der Waals surface area contributed by atoms with Crippen LogP contribution in [0.1, 0.15) is 26.3 Å². The average molecular weight is 254 g/mol. The molecule has 0 aromatic heterocycles. The predicted molar refractivity (Wildman–Crippen MR) is 68.3 cm³/mol. The van der Waals surface area contributed by atoms with E-state index < -0.39 is 17.1 Å². The van der Waals surface area contributed by atoms with Gasteiger partial charge in [-0.15, -0.1) is 0 Å². The van der Waals surface area contributed by atoms with Crippen molar-refractivity contribution in [2.45, 2.75) is 38.2 Å². The molecule has 1 aromatic carbocycles. The van der Waals surface area contributed by atoms with Crippen LogP contribution in [0.15, 0.2) is 29.2 Å². The van der Waals surface area contributed by atoms with Crippen LogP contribution in [0.3, 0.4) is 0 Å². The summed E-state index contributed by atoms with van der Waals surface area (Å²) in [4.78, 5) is 12.0. The van der Waals surface area contributed by atoms with Crippen molar-refractivity contribution in [3.63, 3.8) is 0 Å². The standard InChI is InChI=1S/C13H18O3S/c1-4-11-5-7-12(8-6-11)17(15)9-13(14)16-10(2)3/h5-8,10H,4,9H2,1-3H3. The number of esters is 1. The molecule has 1 rings (SSSR count). The summed E-state index contributed by atoms with van der Waals surface area (Å²) in [5.74, 6) is -0.498. The van der Waals surface area contributed by atoms with Crippen LogP contribution in [-0.2, 0) is 27.1 Å². The highest BCUT2D eigenvalue weighted by Gasteiger charge is 2.18. The summed E-state index contributed by atoms with van der Waals surface area (Å²) in [5.41, 5.74) is 1.19. The summed E-state index contributed by atoms with van der Waals surface area (Å²) < 4.78 is 16.8. The highest BCUT2D eigenvalue weighted by atomic mass is 32.2. The maximum Gasteiger partial charge on any atom is 0.357 e. The van der Waals surface area contributed by atoms with Gasteiger partial charge in [0.2, 0.25) is 5.75 Å². The second-order valence-corrected chi connectivity index (χ2v) is 5.48. The largest absolute Gasteiger partial charge is 0.611 e. The fraction of sp³-hybridized carbons (Fsp3) is 0.462. The normalized spacial score (nSPS) is 12.5. The molecule has 0 saturated carbocycles. The molecular weight excluding hydrogens is 236 g/mol. The van der Waals surface area contributed by atoms with Gasteiger partial charge in [-0.3, -0.25) is 0 Å². The van der Waals surface area contributed by atoms with Crippen molar-refractivity contribution >= 4 is 17.1 Å². The zero-order chi connectivity index (χ0) is 12.8. The van der Waals surface area contributed by atoms with Crippen LogP contribution in [-0.4, -0.2) is 22.4 Å². The molecule has 3 nitrogen and oxygen atoms in total. The number of hydrogen-bond donors (Lipinski definition) is 0. The van der Waals surface area contributed by atoms with Crippen molar-refractivity contribution in [1.29, 1.82) is 0 Å². The number of benzene rings is 1. The monoisotopic (exact) mass is 254 g/mol. The third-order valence-electron chi connectivity index (χ3n) is 2.21. The van der Waals surface area contributed by atoms with Gasteiger partial charge < -0.3 is 9.29 Å². The molecule has 1 unspecified atom stereocenters. The topological polar surface area (TPSA) is 49.4 Å². The minimum Gasteiger partial charge on any atom is -0.611 e. The molecule has 4 heteroatoms. The Morgan fingerprint density at radius 3 is 2.41 bits per heavy atom. The minimum absolute atomic E-state index is 0.0797. The Hall–Kier alpha value is -1.00. The van der Waals surface area contributed by atoms with E-state index in [1.165, 1.54) is 5.56 Å². The smallest absolute Gasteiger partial charge is 0.357 e. The van der Waals surface area contributed by atoms with Crippen molar-refractivity contribution in [2.75, 3.05) is 5.75 Å². The van der Waals surface area contributed by atoms with E-state index in [0.29, 0.717) is 4.90 Å². The summed E-state index contributed by atoms with van der Waals surface area (Å²) in [6.07, 6.45) is 0.782. The SMILES string of the molecule is CCc1ccc([S+]([O-])CC(=O)OC(C)C)cc1. The predicted octanol–water partition coefficient (Wildman–Crippen LogP) is 2.31. The van der Waals surface area contributed by atoms with Crippen LogP contribution in [0, 0.1) is 0 Å². The lowest BCUT2D eigenvalue weighted by Crippen LogP contribution is -2.21. The van der Waals surface area contributed by atoms with Gasteiger partial charge in [-0.1, -0.05) is 19.1 Å². The zero-order valence-corrected chi connectivity index (χ0v) is 11.3. The van der Waals surface area contributed by atoms with E-state index in [2.05, 4.69) is 6.92 Å². The molecule has 0 N–H and O–H groups in total. The van der Waals surface area contributed by atoms with Crippen molar-refractivity contribution in [1.82, 2.24) is 0 Å². The third kappa shape index (κ3) is 4.79. The molecule has 0 amide bonds. The maximum absolute atomic E-state index is 11.8. The lowest BCUT2D eigenvalue weighted by molar-refractivity contribution is -0.144. The molecular formula is C13H18O3S. The number of hydrogen-bond acceptors (Lipinski definition) is 3. The van der Waals surface area contributed by atoms with E-state index in [0.717, 1.165) is 6.42 Å². The Morgan fingerprint density at radius 2 is 1.94 bits per heavy atom. The first-order valence-electron chi connectivity index (χ1n) is 5.69. The van der Waals surface area contributed by atoms with Gasteiger partial charge in [0.1, 0.15) is 0 Å². The van der Waals surface area contributed by atoms with Crippen LogP contribution in [0.2, 0.25) is 0 Å². The van der Waals surface area contributed by atoms with Crippen LogP contribution in [0.25, 0.3) is 0 Å². The van der Waals surface area contributed by atoms with Gasteiger partial charge in [-0.25, -0.2) is 4.79 Å². The quantitative estimate of drug-likeness (QED) is 0.598. The fourth-order valence-corrected chi connectivity index (χ4v) is 2.25. The Morgan fingerprint density at radius 1 is 1.35 bits per heavy atom. The van der Waals surface area contributed by atoms with Gasteiger partial charge in [0.15, 0.2) is 4.90 Å². The van der Waals surface area contributed by atoms with E-state index in [1.54, 1.807) is 26.0 Å². The molecule has 0 aliphatic carbocycles. The molecule has 0 saturated heterocycles. The number of rotatable bonds is 5. The van der Waals surface area contributed by atoms with Gasteiger partial charge in [0.05, 0.1) is 6.10 Å². The van der Waals surface area contributed by atoms with E-state index in [-0.39, 0.29) is 11.9 Å². The Balaban J connectivity index is 2.56. The lowest BCUT2D eigenvalue weighted by Gasteiger charge is -2.12. The second-order valence-electron chi connectivity index (χ2n) is 4.03. The second kappa shape index (κ2) is 6.67. The summed E-state index contributed by atoms with van der Waals surface area (Å²) in [7, 11) is 0. The van der Waals surface area contributed by atoms with Crippen molar-refractivity contribution in [3.05, 3.63) is 29.8 Å². The van der Waals surface area contributed by atoms with E-state index in [9.17, 15) is 9.35 Å². The first-order valence-corrected chi connectivity index (χ1v) is 7.01. The van der Waals surface area contributed by atoms with Crippen LogP contribution < -0.4 is 0 Å². The van der Waals surface area contributed by atoms with Gasteiger partial charge >= 0.3 is 5.97 Å². The number of carbonyl (C=O) groups excluding carboxylic acids is 1. The summed E-state index contributed by atoms with van der Waals surface area (Å²) in [6, 6.07) is 7.47. The molecule has 17 heavy (non-hydrogen) atoms. The summed E-state index contributed by atoms with van der Waals surface area (Å²) in [5, 5.41) is 0. The first-order chi connectivity index (χ1) is 8.02. The number of carbonyl (C=O) groups is 1. The third-order valence-corrected chi connectivity index (χ3v) is 3.51. The van der Waals surface area contributed by atoms with E-state index >= 15 is 0 Å². The van der Waals surface area contributed by atoms with E-state index in [1.807, 2.05) is 12.1 Å². The summed E-state index contributed by atoms with van der Waals surface area (Å²) >= 11 is -1.31. The van der Waals surface area contributed by atoms with Crippen molar-refractivity contribution in [2.24, 2.45) is 0 Å². The maximum atomic E-state index is 11.8. The molecule has 0 aliphatic heterocycles. The number of aryl methyl sites for hydroxylation is 1. The van der Waals surface area contributed by atoms with Crippen LogP contribution >= 0.6 is 0 Å². The van der Waals surface area contributed by atoms with E-state index in [4.69, 9.17) is 4.74 Å². The molecule has 0 spiro atoms. The Bertz CT molecular complexity index is 359. The molecule has 0 aliphatic rings. The highest BCUT2D eigenvalue weighted by Crippen LogP contribution is 2.13. The van der Waals surface area contributed by atoms with Gasteiger partial charge in [0.25, 0.3) is 0 Å². The molecule has 0 heterocycles. The highest BCUT2D eigenvalue weighted by molar-refractivity contribution is 7.92. The Kier molecular flexibility index (Phi) is 5.51. The molecule has 1 atom stereocenters. The first kappa shape index (κ1) is 14.1. The minimum atomic E-state index is -1.31. The molecule has 0 fully saturated rings. The lowest BCUT2D eigenvalue weighted by atomic mass is 10.2. The van der Waals surface area contributed by atoms with Crippen LogP contribution in [0.4, 0.5) is 0 Å². The van der Waals surface area contributed by atoms with Crippen molar-refractivity contribution < 1.29 is 14.1 Å². The molecule has 1 aromatic rings. The molecule has 0 bridgehead atoms. The van der Waals surface area contributed by atoms with Crippen molar-refractivity contribution in [3.8, 4) is 0 Å². The van der Waals surface area contributed by atoms with Gasteiger partial charge in [-0.2, -0.15) is 0 Å². The zero-order valence-electron chi connectivity index (χ0n) is 10.4. The Labute approximate surface area is 105 Å². The average Bonchev–Trinajstić information content (AvgIpc) is 2.28. The molecule has 0 radical (unpaired) electrons. The van der Waals surface area contributed by atoms with Crippen LogP contribution in [0.5, 0.6) is 0 Å². The summed E-state index contributed by atoms with van der Waals surface area (Å²) in [6.45, 7) is 5.61. The fourth-order valence-electron chi connectivity index (χ4n) is 1.36. The van der Waals surface area contributed by atoms with Gasteiger partial charge in [0, 0.05) is 0 Å². The number of ether oxygens (including phenoxy) is 1. The van der Waals surface area contributed by atoms with Gasteiger partial charge in [-0.05, 0) is 49.1 Å².